The number of sulfonamides is 1. The molecule has 0 atom stereocenters. The average molecular weight is 407 g/mol. The summed E-state index contributed by atoms with van der Waals surface area (Å²) in [6.45, 7) is 2.35. The number of para-hydroxylation sites is 1. The first-order valence-corrected chi connectivity index (χ1v) is 9.58. The standard InChI is InChI=1S/C17H15BrN2O3S/c1-2-23-15-9-10-16(12-6-5-11-19-17(12)15)24(21,22)20-14-8-4-3-7-13(14)18/h3-11,20H,2H2,1H3. The van der Waals surface area contributed by atoms with Crippen LogP contribution < -0.4 is 9.46 Å². The maximum atomic E-state index is 12.8. The van der Waals surface area contributed by atoms with E-state index in [1.807, 2.05) is 13.0 Å². The van der Waals surface area contributed by atoms with Gasteiger partial charge in [0.05, 0.1) is 17.2 Å². The van der Waals surface area contributed by atoms with Crippen LogP contribution in [0.5, 0.6) is 5.75 Å². The summed E-state index contributed by atoms with van der Waals surface area (Å²) in [5.74, 6) is 0.563. The molecule has 3 rings (SSSR count). The van der Waals surface area contributed by atoms with E-state index in [0.29, 0.717) is 33.4 Å². The summed E-state index contributed by atoms with van der Waals surface area (Å²) < 4.78 is 34.5. The number of benzene rings is 2. The third kappa shape index (κ3) is 3.22. The molecule has 0 bridgehead atoms. The van der Waals surface area contributed by atoms with E-state index in [-0.39, 0.29) is 4.90 Å². The van der Waals surface area contributed by atoms with Crippen molar-refractivity contribution in [2.24, 2.45) is 0 Å². The van der Waals surface area contributed by atoms with Crippen molar-refractivity contribution in [1.82, 2.24) is 4.98 Å². The van der Waals surface area contributed by atoms with Gasteiger partial charge in [0.1, 0.15) is 11.3 Å². The fraction of sp³-hybridized carbons (Fsp3) is 0.118. The number of ether oxygens (including phenoxy) is 1. The molecule has 1 N–H and O–H groups in total. The molecule has 0 amide bonds. The van der Waals surface area contributed by atoms with Crippen molar-refractivity contribution in [3.05, 3.63) is 59.2 Å². The topological polar surface area (TPSA) is 68.3 Å². The Kier molecular flexibility index (Phi) is 4.73. The minimum absolute atomic E-state index is 0.157. The van der Waals surface area contributed by atoms with Gasteiger partial charge in [-0.05, 0) is 59.3 Å². The summed E-state index contributed by atoms with van der Waals surface area (Å²) in [5.41, 5.74) is 0.998. The van der Waals surface area contributed by atoms with Gasteiger partial charge in [-0.2, -0.15) is 0 Å². The van der Waals surface area contributed by atoms with Crippen molar-refractivity contribution in [2.45, 2.75) is 11.8 Å². The highest BCUT2D eigenvalue weighted by Gasteiger charge is 2.20. The zero-order chi connectivity index (χ0) is 17.2. The number of nitrogens with one attached hydrogen (secondary N) is 1. The lowest BCUT2D eigenvalue weighted by atomic mass is 10.2. The highest BCUT2D eigenvalue weighted by atomic mass is 79.9. The van der Waals surface area contributed by atoms with E-state index in [1.54, 1.807) is 42.6 Å². The summed E-state index contributed by atoms with van der Waals surface area (Å²) in [4.78, 5) is 4.43. The summed E-state index contributed by atoms with van der Waals surface area (Å²) in [6, 6.07) is 13.6. The molecule has 1 aromatic heterocycles. The van der Waals surface area contributed by atoms with Crippen LogP contribution in [0, 0.1) is 0 Å². The first-order chi connectivity index (χ1) is 11.5. The number of nitrogens with zero attached hydrogens (tertiary/aromatic N) is 1. The number of pyridine rings is 1. The number of fused-ring (bicyclic) bond motifs is 1. The Bertz CT molecular complexity index is 990. The lowest BCUT2D eigenvalue weighted by molar-refractivity contribution is 0.343. The number of aromatic nitrogens is 1. The van der Waals surface area contributed by atoms with Gasteiger partial charge < -0.3 is 4.74 Å². The molecule has 0 fully saturated rings. The molecule has 0 saturated carbocycles. The van der Waals surface area contributed by atoms with E-state index >= 15 is 0 Å². The van der Waals surface area contributed by atoms with Gasteiger partial charge in [0, 0.05) is 16.1 Å². The Morgan fingerprint density at radius 2 is 1.92 bits per heavy atom. The Labute approximate surface area is 148 Å². The SMILES string of the molecule is CCOc1ccc(S(=O)(=O)Nc2ccccc2Br)c2cccnc12. The zero-order valence-electron chi connectivity index (χ0n) is 12.9. The number of hydrogen-bond donors (Lipinski definition) is 1. The molecule has 0 radical (unpaired) electrons. The van der Waals surface area contributed by atoms with Crippen LogP contribution in [-0.4, -0.2) is 20.0 Å². The predicted molar refractivity (Wildman–Crippen MR) is 97.9 cm³/mol. The van der Waals surface area contributed by atoms with Gasteiger partial charge in [0.25, 0.3) is 10.0 Å². The minimum atomic E-state index is -3.77. The lowest BCUT2D eigenvalue weighted by Crippen LogP contribution is -2.14. The molecule has 0 spiro atoms. The monoisotopic (exact) mass is 406 g/mol. The highest BCUT2D eigenvalue weighted by molar-refractivity contribution is 9.10. The Balaban J connectivity index is 2.12. The molecule has 124 valence electrons. The van der Waals surface area contributed by atoms with Crippen LogP contribution in [0.15, 0.2) is 64.1 Å². The van der Waals surface area contributed by atoms with Gasteiger partial charge in [-0.25, -0.2) is 8.42 Å². The number of hydrogen-bond acceptors (Lipinski definition) is 4. The largest absolute Gasteiger partial charge is 0.492 e. The van der Waals surface area contributed by atoms with Gasteiger partial charge in [-0.15, -0.1) is 0 Å². The van der Waals surface area contributed by atoms with Crippen molar-refractivity contribution < 1.29 is 13.2 Å². The maximum absolute atomic E-state index is 12.8. The third-order valence-corrected chi connectivity index (χ3v) is 5.52. The molecule has 0 aliphatic rings. The zero-order valence-corrected chi connectivity index (χ0v) is 15.3. The van der Waals surface area contributed by atoms with Crippen molar-refractivity contribution >= 4 is 42.5 Å². The summed E-state index contributed by atoms with van der Waals surface area (Å²) >= 11 is 3.34. The van der Waals surface area contributed by atoms with Gasteiger partial charge in [-0.1, -0.05) is 12.1 Å². The van der Waals surface area contributed by atoms with E-state index in [0.717, 1.165) is 0 Å². The number of rotatable bonds is 5. The fourth-order valence-electron chi connectivity index (χ4n) is 2.37. The summed E-state index contributed by atoms with van der Waals surface area (Å²) in [5, 5.41) is 0.517. The van der Waals surface area contributed by atoms with Crippen LogP contribution in [0.3, 0.4) is 0 Å². The van der Waals surface area contributed by atoms with E-state index in [4.69, 9.17) is 4.74 Å². The molecule has 24 heavy (non-hydrogen) atoms. The lowest BCUT2D eigenvalue weighted by Gasteiger charge is -2.13. The van der Waals surface area contributed by atoms with Crippen LogP contribution in [0.4, 0.5) is 5.69 Å². The Morgan fingerprint density at radius 3 is 2.67 bits per heavy atom. The van der Waals surface area contributed by atoms with Crippen molar-refractivity contribution in [3.8, 4) is 5.75 Å². The van der Waals surface area contributed by atoms with Gasteiger partial charge >= 0.3 is 0 Å². The van der Waals surface area contributed by atoms with E-state index in [1.165, 1.54) is 6.07 Å². The molecule has 2 aromatic carbocycles. The van der Waals surface area contributed by atoms with Gasteiger partial charge in [0.2, 0.25) is 0 Å². The first kappa shape index (κ1) is 16.7. The Hall–Kier alpha value is -2.12. The molecule has 1 heterocycles. The van der Waals surface area contributed by atoms with Crippen LogP contribution in [0.25, 0.3) is 10.9 Å². The van der Waals surface area contributed by atoms with Crippen LogP contribution in [0.2, 0.25) is 0 Å². The second-order valence-corrected chi connectivity index (χ2v) is 7.48. The first-order valence-electron chi connectivity index (χ1n) is 7.31. The van der Waals surface area contributed by atoms with Gasteiger partial charge in [-0.3, -0.25) is 9.71 Å². The minimum Gasteiger partial charge on any atom is -0.492 e. The van der Waals surface area contributed by atoms with Crippen molar-refractivity contribution in [3.63, 3.8) is 0 Å². The molecule has 0 saturated heterocycles. The molecule has 0 unspecified atom stereocenters. The predicted octanol–water partition coefficient (Wildman–Crippen LogP) is 4.20. The van der Waals surface area contributed by atoms with Crippen LogP contribution >= 0.6 is 15.9 Å². The number of anilines is 1. The molecular formula is C17H15BrN2O3S. The Morgan fingerprint density at radius 1 is 1.12 bits per heavy atom. The molecule has 5 nitrogen and oxygen atoms in total. The van der Waals surface area contributed by atoms with Crippen molar-refractivity contribution in [1.29, 1.82) is 0 Å². The second kappa shape index (κ2) is 6.78. The van der Waals surface area contributed by atoms with Crippen LogP contribution in [0.1, 0.15) is 6.92 Å². The number of halogens is 1. The average Bonchev–Trinajstić information content (AvgIpc) is 2.57. The molecule has 0 aliphatic heterocycles. The maximum Gasteiger partial charge on any atom is 0.262 e. The van der Waals surface area contributed by atoms with Gasteiger partial charge in [0.15, 0.2) is 0 Å². The normalized spacial score (nSPS) is 11.4. The highest BCUT2D eigenvalue weighted by Crippen LogP contribution is 2.31. The molecular weight excluding hydrogens is 392 g/mol. The van der Waals surface area contributed by atoms with E-state index < -0.39 is 10.0 Å². The molecule has 7 heteroatoms. The van der Waals surface area contributed by atoms with E-state index in [2.05, 4.69) is 25.6 Å². The smallest absolute Gasteiger partial charge is 0.262 e. The molecule has 0 aliphatic carbocycles. The summed E-state index contributed by atoms with van der Waals surface area (Å²) in [7, 11) is -3.77. The fourth-order valence-corrected chi connectivity index (χ4v) is 4.16. The van der Waals surface area contributed by atoms with E-state index in [9.17, 15) is 8.42 Å². The summed E-state index contributed by atoms with van der Waals surface area (Å²) in [6.07, 6.45) is 1.61. The third-order valence-electron chi connectivity index (χ3n) is 3.40. The molecule has 3 aromatic rings. The second-order valence-electron chi connectivity index (χ2n) is 4.98. The quantitative estimate of drug-likeness (QED) is 0.689. The van der Waals surface area contributed by atoms with Crippen LogP contribution in [-0.2, 0) is 10.0 Å². The van der Waals surface area contributed by atoms with Crippen molar-refractivity contribution in [2.75, 3.05) is 11.3 Å².